The molecule has 11 heteroatoms. The monoisotopic (exact) mass is 557 g/mol. The molecule has 196 valence electrons. The van der Waals surface area contributed by atoms with E-state index >= 15 is 0 Å². The van der Waals surface area contributed by atoms with E-state index in [1.165, 1.54) is 4.68 Å². The van der Waals surface area contributed by atoms with E-state index in [1.807, 2.05) is 38.1 Å². The van der Waals surface area contributed by atoms with Crippen molar-refractivity contribution in [2.45, 2.75) is 51.5 Å². The molecule has 2 aromatic carbocycles. The normalized spacial score (nSPS) is 13.5. The molecule has 8 nitrogen and oxygen atoms in total. The second-order valence-corrected chi connectivity index (χ2v) is 10.1. The number of benzene rings is 2. The van der Waals surface area contributed by atoms with Crippen molar-refractivity contribution in [1.29, 1.82) is 0 Å². The molecule has 3 rings (SSSR count). The summed E-state index contributed by atoms with van der Waals surface area (Å²) >= 11 is 18.5. The van der Waals surface area contributed by atoms with E-state index in [2.05, 4.69) is 10.3 Å². The molecule has 0 amide bonds. The summed E-state index contributed by atoms with van der Waals surface area (Å²) in [6, 6.07) is 11.1. The Morgan fingerprint density at radius 1 is 0.972 bits per heavy atom. The van der Waals surface area contributed by atoms with Gasteiger partial charge in [0.15, 0.2) is 5.75 Å². The van der Waals surface area contributed by atoms with Gasteiger partial charge < -0.3 is 24.8 Å². The molecule has 2 atom stereocenters. The lowest BCUT2D eigenvalue weighted by atomic mass is 9.78. The van der Waals surface area contributed by atoms with Crippen molar-refractivity contribution in [1.82, 2.24) is 15.0 Å². The van der Waals surface area contributed by atoms with Gasteiger partial charge in [0.05, 0.1) is 40.5 Å². The number of alkyl halides is 1. The highest BCUT2D eigenvalue weighted by Crippen LogP contribution is 2.40. The van der Waals surface area contributed by atoms with Crippen molar-refractivity contribution in [2.24, 2.45) is 0 Å². The van der Waals surface area contributed by atoms with Crippen LogP contribution in [0, 0.1) is 6.92 Å². The molecule has 0 saturated heterocycles. The summed E-state index contributed by atoms with van der Waals surface area (Å²) in [5, 5.41) is 37.9. The Morgan fingerprint density at radius 3 is 2.17 bits per heavy atom. The molecule has 0 spiro atoms. The SMILES string of the molecule is Cc1nnn(CC(O)COc2ccc(C(C)(C)c3cc(Cl)c(OCC(O)CCl)c(Cl)c3)cc2)c1CO. The molecule has 0 bridgehead atoms. The largest absolute Gasteiger partial charge is 0.491 e. The molecule has 0 aliphatic rings. The molecule has 3 N–H and O–H groups in total. The van der Waals surface area contributed by atoms with Crippen LogP contribution in [0.1, 0.15) is 36.4 Å². The molecule has 0 saturated carbocycles. The van der Waals surface area contributed by atoms with Crippen LogP contribution in [0.4, 0.5) is 0 Å². The molecule has 1 aromatic heterocycles. The first kappa shape index (κ1) is 28.5. The van der Waals surface area contributed by atoms with Gasteiger partial charge in [-0.2, -0.15) is 0 Å². The van der Waals surface area contributed by atoms with Crippen LogP contribution in [-0.2, 0) is 18.6 Å². The molecule has 2 unspecified atom stereocenters. The summed E-state index contributed by atoms with van der Waals surface area (Å²) in [5.41, 5.74) is 2.63. The minimum Gasteiger partial charge on any atom is -0.491 e. The van der Waals surface area contributed by atoms with Gasteiger partial charge in [-0.05, 0) is 42.3 Å². The number of nitrogens with zero attached hydrogens (tertiary/aromatic N) is 3. The predicted molar refractivity (Wildman–Crippen MR) is 139 cm³/mol. The van der Waals surface area contributed by atoms with Gasteiger partial charge in [-0.25, -0.2) is 4.68 Å². The number of aryl methyl sites for hydroxylation is 1. The molecule has 0 fully saturated rings. The summed E-state index contributed by atoms with van der Waals surface area (Å²) in [7, 11) is 0. The molecular formula is C25H30Cl3N3O5. The summed E-state index contributed by atoms with van der Waals surface area (Å²) in [5.74, 6) is 0.950. The zero-order valence-electron chi connectivity index (χ0n) is 20.3. The first-order valence-corrected chi connectivity index (χ1v) is 12.6. The van der Waals surface area contributed by atoms with Gasteiger partial charge in [-0.3, -0.25) is 0 Å². The fraction of sp³-hybridized carbons (Fsp3) is 0.440. The zero-order chi connectivity index (χ0) is 26.5. The third kappa shape index (κ3) is 6.82. The Morgan fingerprint density at radius 2 is 1.58 bits per heavy atom. The number of hydrogen-bond acceptors (Lipinski definition) is 7. The predicted octanol–water partition coefficient (Wildman–Crippen LogP) is 4.13. The van der Waals surface area contributed by atoms with E-state index < -0.39 is 17.6 Å². The summed E-state index contributed by atoms with van der Waals surface area (Å²) in [4.78, 5) is 0. The minimum absolute atomic E-state index is 0.0110. The lowest BCUT2D eigenvalue weighted by Gasteiger charge is -2.27. The van der Waals surface area contributed by atoms with Gasteiger partial charge in [0.25, 0.3) is 0 Å². The highest BCUT2D eigenvalue weighted by molar-refractivity contribution is 6.37. The summed E-state index contributed by atoms with van der Waals surface area (Å²) < 4.78 is 12.8. The van der Waals surface area contributed by atoms with Crippen LogP contribution in [0.5, 0.6) is 11.5 Å². The Kier molecular flexibility index (Phi) is 9.86. The van der Waals surface area contributed by atoms with E-state index in [0.717, 1.165) is 11.1 Å². The highest BCUT2D eigenvalue weighted by atomic mass is 35.5. The maximum atomic E-state index is 10.3. The molecular weight excluding hydrogens is 529 g/mol. The second kappa shape index (κ2) is 12.4. The number of hydrogen-bond donors (Lipinski definition) is 3. The van der Waals surface area contributed by atoms with E-state index in [1.54, 1.807) is 19.1 Å². The first-order valence-electron chi connectivity index (χ1n) is 11.3. The average Bonchev–Trinajstić information content (AvgIpc) is 3.20. The first-order chi connectivity index (χ1) is 17.1. The van der Waals surface area contributed by atoms with Crippen molar-refractivity contribution >= 4 is 34.8 Å². The lowest BCUT2D eigenvalue weighted by Crippen LogP contribution is -2.25. The lowest BCUT2D eigenvalue weighted by molar-refractivity contribution is 0.0866. The second-order valence-electron chi connectivity index (χ2n) is 8.96. The Labute approximate surface area is 225 Å². The van der Waals surface area contributed by atoms with Crippen LogP contribution < -0.4 is 9.47 Å². The maximum absolute atomic E-state index is 10.3. The third-order valence-corrected chi connectivity index (χ3v) is 6.82. The van der Waals surface area contributed by atoms with E-state index in [4.69, 9.17) is 44.3 Å². The average molecular weight is 559 g/mol. The van der Waals surface area contributed by atoms with Crippen molar-refractivity contribution in [3.05, 3.63) is 69.0 Å². The van der Waals surface area contributed by atoms with Crippen LogP contribution in [0.2, 0.25) is 10.0 Å². The third-order valence-electron chi connectivity index (χ3n) is 5.90. The standard InChI is InChI=1S/C25H30Cl3N3O5/c1-15-23(12-32)31(30-29-15)11-19(34)14-35-20-6-4-16(5-7-20)25(2,3)17-8-21(27)24(22(28)9-17)36-13-18(33)10-26/h4-9,18-19,32-34H,10-14H2,1-3H3. The van der Waals surface area contributed by atoms with Crippen LogP contribution in [-0.4, -0.2) is 61.6 Å². The van der Waals surface area contributed by atoms with Gasteiger partial charge in [0.2, 0.25) is 0 Å². The number of ether oxygens (including phenoxy) is 2. The Bertz CT molecular complexity index is 1130. The number of aromatic nitrogens is 3. The van der Waals surface area contributed by atoms with Crippen molar-refractivity contribution in [2.75, 3.05) is 19.1 Å². The van der Waals surface area contributed by atoms with Crippen molar-refractivity contribution in [3.63, 3.8) is 0 Å². The van der Waals surface area contributed by atoms with Gasteiger partial charge in [0.1, 0.15) is 31.2 Å². The molecule has 0 aliphatic carbocycles. The van der Waals surface area contributed by atoms with Crippen LogP contribution in [0.25, 0.3) is 0 Å². The molecule has 0 aliphatic heterocycles. The molecule has 0 radical (unpaired) electrons. The van der Waals surface area contributed by atoms with E-state index in [-0.39, 0.29) is 32.2 Å². The van der Waals surface area contributed by atoms with Crippen LogP contribution in [0.15, 0.2) is 36.4 Å². The fourth-order valence-electron chi connectivity index (χ4n) is 3.62. The number of rotatable bonds is 12. The quantitative estimate of drug-likeness (QED) is 0.287. The van der Waals surface area contributed by atoms with Crippen molar-refractivity contribution < 1.29 is 24.8 Å². The molecule has 1 heterocycles. The molecule has 3 aromatic rings. The summed E-state index contributed by atoms with van der Waals surface area (Å²) in [6.45, 7) is 5.84. The minimum atomic E-state index is -0.830. The maximum Gasteiger partial charge on any atom is 0.156 e. The number of halogens is 3. The topological polar surface area (TPSA) is 110 Å². The van der Waals surface area contributed by atoms with Gasteiger partial charge in [-0.1, -0.05) is 54.4 Å². The molecule has 36 heavy (non-hydrogen) atoms. The van der Waals surface area contributed by atoms with Gasteiger partial charge in [0, 0.05) is 5.41 Å². The number of aliphatic hydroxyl groups excluding tert-OH is 3. The Hall–Kier alpha value is -2.07. The summed E-state index contributed by atoms with van der Waals surface area (Å²) in [6.07, 6.45) is -1.65. The Balaban J connectivity index is 1.65. The fourth-order valence-corrected chi connectivity index (χ4v) is 4.31. The van der Waals surface area contributed by atoms with Crippen molar-refractivity contribution in [3.8, 4) is 11.5 Å². The van der Waals surface area contributed by atoms with Crippen LogP contribution in [0.3, 0.4) is 0 Å². The smallest absolute Gasteiger partial charge is 0.156 e. The number of aliphatic hydroxyl groups is 3. The zero-order valence-corrected chi connectivity index (χ0v) is 22.6. The van der Waals surface area contributed by atoms with Gasteiger partial charge in [-0.15, -0.1) is 16.7 Å². The van der Waals surface area contributed by atoms with Gasteiger partial charge >= 0.3 is 0 Å². The van der Waals surface area contributed by atoms with E-state index in [0.29, 0.717) is 32.9 Å². The van der Waals surface area contributed by atoms with E-state index in [9.17, 15) is 15.3 Å². The highest BCUT2D eigenvalue weighted by Gasteiger charge is 2.26. The van der Waals surface area contributed by atoms with Crippen LogP contribution >= 0.6 is 34.8 Å².